The number of piperidine rings is 2. The van der Waals surface area contributed by atoms with E-state index < -0.39 is 5.41 Å². The number of nitrogens with zero attached hydrogens (tertiary/aromatic N) is 2. The second-order valence-electron chi connectivity index (χ2n) is 6.61. The summed E-state index contributed by atoms with van der Waals surface area (Å²) in [5, 5.41) is 15.0. The quantitative estimate of drug-likeness (QED) is 0.306. The van der Waals surface area contributed by atoms with Crippen molar-refractivity contribution in [3.8, 4) is 0 Å². The highest BCUT2D eigenvalue weighted by Crippen LogP contribution is 2.46. The average Bonchev–Trinajstić information content (AvgIpc) is 3.20. The molecule has 1 amide bonds. The molecule has 3 rings (SSSR count). The third kappa shape index (κ3) is 2.16. The average molecular weight is 280 g/mol. The Morgan fingerprint density at radius 3 is 2.45 bits per heavy atom. The molecule has 2 unspecified atom stereocenters. The highest BCUT2D eigenvalue weighted by atomic mass is 16.4. The van der Waals surface area contributed by atoms with Crippen LogP contribution < -0.4 is 11.1 Å². The first-order valence-electron chi connectivity index (χ1n) is 7.58. The van der Waals surface area contributed by atoms with Crippen molar-refractivity contribution in [3.05, 3.63) is 0 Å². The van der Waals surface area contributed by atoms with Gasteiger partial charge in [0.1, 0.15) is 5.41 Å². The molecule has 20 heavy (non-hydrogen) atoms. The van der Waals surface area contributed by atoms with Gasteiger partial charge in [-0.25, -0.2) is 0 Å². The van der Waals surface area contributed by atoms with Gasteiger partial charge >= 0.3 is 0 Å². The Morgan fingerprint density at radius 1 is 1.35 bits per heavy atom. The third-order valence-electron chi connectivity index (χ3n) is 5.46. The number of amidine groups is 1. The van der Waals surface area contributed by atoms with Crippen LogP contribution in [0.2, 0.25) is 0 Å². The molecular formula is C14H24N4O2. The SMILES string of the molecule is CN1C2CCCC1CC(NC(=O)C1(C(N)=NO)CC1)C2. The van der Waals surface area contributed by atoms with E-state index in [0.717, 1.165) is 12.8 Å². The van der Waals surface area contributed by atoms with Crippen LogP contribution in [0.1, 0.15) is 44.9 Å². The Hall–Kier alpha value is -1.30. The molecule has 3 fully saturated rings. The molecule has 112 valence electrons. The zero-order valence-electron chi connectivity index (χ0n) is 12.0. The second-order valence-corrected chi connectivity index (χ2v) is 6.61. The van der Waals surface area contributed by atoms with Crippen molar-refractivity contribution in [2.75, 3.05) is 7.05 Å². The van der Waals surface area contributed by atoms with Gasteiger partial charge in [0.05, 0.1) is 0 Å². The van der Waals surface area contributed by atoms with Crippen LogP contribution in [0.5, 0.6) is 0 Å². The van der Waals surface area contributed by atoms with Crippen LogP contribution in [0.3, 0.4) is 0 Å². The predicted molar refractivity (Wildman–Crippen MR) is 75.4 cm³/mol. The van der Waals surface area contributed by atoms with E-state index in [4.69, 9.17) is 10.9 Å². The number of nitrogens with one attached hydrogen (secondary N) is 1. The molecular weight excluding hydrogens is 256 g/mol. The normalized spacial score (nSPS) is 36.5. The topological polar surface area (TPSA) is 91.0 Å². The number of hydrogen-bond acceptors (Lipinski definition) is 4. The van der Waals surface area contributed by atoms with Crippen LogP contribution in [-0.4, -0.2) is 47.0 Å². The van der Waals surface area contributed by atoms with E-state index in [1.807, 2.05) is 0 Å². The molecule has 3 aliphatic rings. The summed E-state index contributed by atoms with van der Waals surface area (Å²) >= 11 is 0. The maximum absolute atomic E-state index is 12.4. The van der Waals surface area contributed by atoms with Crippen LogP contribution in [0, 0.1) is 5.41 Å². The van der Waals surface area contributed by atoms with E-state index in [-0.39, 0.29) is 17.8 Å². The van der Waals surface area contributed by atoms with Crippen molar-refractivity contribution in [1.29, 1.82) is 0 Å². The summed E-state index contributed by atoms with van der Waals surface area (Å²) in [6.07, 6.45) is 7.17. The van der Waals surface area contributed by atoms with Crippen LogP contribution in [0.25, 0.3) is 0 Å². The molecule has 4 N–H and O–H groups in total. The smallest absolute Gasteiger partial charge is 0.234 e. The van der Waals surface area contributed by atoms with Crippen LogP contribution in [-0.2, 0) is 4.79 Å². The van der Waals surface area contributed by atoms with Crippen molar-refractivity contribution in [2.45, 2.75) is 63.1 Å². The van der Waals surface area contributed by atoms with E-state index >= 15 is 0 Å². The minimum atomic E-state index is -0.729. The first kappa shape index (κ1) is 13.7. The van der Waals surface area contributed by atoms with Crippen molar-refractivity contribution < 1.29 is 10.0 Å². The molecule has 0 radical (unpaired) electrons. The zero-order valence-corrected chi connectivity index (χ0v) is 12.0. The standard InChI is InChI=1S/C14H24N4O2/c1-18-10-3-2-4-11(18)8-9(7-10)16-13(19)14(5-6-14)12(15)17-20/h9-11,20H,2-8H2,1H3,(H2,15,17)(H,16,19). The Balaban J connectivity index is 1.63. The molecule has 2 atom stereocenters. The molecule has 6 heteroatoms. The Kier molecular flexibility index (Phi) is 3.36. The monoisotopic (exact) mass is 280 g/mol. The van der Waals surface area contributed by atoms with Gasteiger partial charge in [-0.2, -0.15) is 0 Å². The Morgan fingerprint density at radius 2 is 1.95 bits per heavy atom. The molecule has 6 nitrogen and oxygen atoms in total. The van der Waals surface area contributed by atoms with Crippen LogP contribution >= 0.6 is 0 Å². The van der Waals surface area contributed by atoms with E-state index in [1.54, 1.807) is 0 Å². The van der Waals surface area contributed by atoms with Gasteiger partial charge in [0, 0.05) is 18.1 Å². The first-order chi connectivity index (χ1) is 9.56. The number of fused-ring (bicyclic) bond motifs is 2. The van der Waals surface area contributed by atoms with Gasteiger partial charge in [0.15, 0.2) is 5.84 Å². The Labute approximate surface area is 119 Å². The summed E-state index contributed by atoms with van der Waals surface area (Å²) < 4.78 is 0. The van der Waals surface area contributed by atoms with Gasteiger partial charge < -0.3 is 21.2 Å². The van der Waals surface area contributed by atoms with Gasteiger partial charge in [-0.15, -0.1) is 0 Å². The molecule has 2 heterocycles. The van der Waals surface area contributed by atoms with Gasteiger partial charge in [-0.1, -0.05) is 11.6 Å². The summed E-state index contributed by atoms with van der Waals surface area (Å²) in [5.41, 5.74) is 4.94. The van der Waals surface area contributed by atoms with Gasteiger partial charge in [0.25, 0.3) is 0 Å². The summed E-state index contributed by atoms with van der Waals surface area (Å²) in [5.74, 6) is 0.00329. The zero-order chi connectivity index (χ0) is 14.3. The van der Waals surface area contributed by atoms with Crippen molar-refractivity contribution in [1.82, 2.24) is 10.2 Å². The summed E-state index contributed by atoms with van der Waals surface area (Å²) in [4.78, 5) is 14.9. The third-order valence-corrected chi connectivity index (χ3v) is 5.46. The fourth-order valence-electron chi connectivity index (χ4n) is 3.88. The van der Waals surface area contributed by atoms with Crippen molar-refractivity contribution in [2.24, 2.45) is 16.3 Å². The number of carbonyl (C=O) groups excluding carboxylic acids is 1. The lowest BCUT2D eigenvalue weighted by Gasteiger charge is -2.47. The second kappa shape index (κ2) is 4.91. The summed E-state index contributed by atoms with van der Waals surface area (Å²) in [7, 11) is 2.20. The highest BCUT2D eigenvalue weighted by molar-refractivity contribution is 6.09. The number of nitrogens with two attached hydrogens (primary N) is 1. The van der Waals surface area contributed by atoms with Crippen LogP contribution in [0.15, 0.2) is 5.16 Å². The van der Waals surface area contributed by atoms with Crippen molar-refractivity contribution >= 4 is 11.7 Å². The molecule has 0 spiro atoms. The number of amides is 1. The van der Waals surface area contributed by atoms with Gasteiger partial charge in [0.2, 0.25) is 5.91 Å². The molecule has 0 aromatic carbocycles. The van der Waals surface area contributed by atoms with Gasteiger partial charge in [-0.3, -0.25) is 4.79 Å². The van der Waals surface area contributed by atoms with Gasteiger partial charge in [-0.05, 0) is 45.6 Å². The number of oxime groups is 1. The Bertz CT molecular complexity index is 419. The van der Waals surface area contributed by atoms with Crippen LogP contribution in [0.4, 0.5) is 0 Å². The lowest BCUT2D eigenvalue weighted by molar-refractivity contribution is -0.125. The summed E-state index contributed by atoms with van der Waals surface area (Å²) in [6.45, 7) is 0. The molecule has 2 saturated heterocycles. The molecule has 2 aliphatic heterocycles. The highest BCUT2D eigenvalue weighted by Gasteiger charge is 2.54. The lowest BCUT2D eigenvalue weighted by Crippen LogP contribution is -2.56. The van der Waals surface area contributed by atoms with E-state index in [1.165, 1.54) is 19.3 Å². The fraction of sp³-hybridized carbons (Fsp3) is 0.857. The lowest BCUT2D eigenvalue weighted by atomic mass is 9.82. The number of carbonyl (C=O) groups is 1. The van der Waals surface area contributed by atoms with E-state index in [9.17, 15) is 4.79 Å². The van der Waals surface area contributed by atoms with E-state index in [0.29, 0.717) is 24.9 Å². The first-order valence-corrected chi connectivity index (χ1v) is 7.58. The maximum Gasteiger partial charge on any atom is 0.234 e. The molecule has 2 bridgehead atoms. The largest absolute Gasteiger partial charge is 0.409 e. The molecule has 1 aliphatic carbocycles. The van der Waals surface area contributed by atoms with Crippen molar-refractivity contribution in [3.63, 3.8) is 0 Å². The number of rotatable bonds is 3. The maximum atomic E-state index is 12.4. The minimum Gasteiger partial charge on any atom is -0.409 e. The molecule has 0 aromatic rings. The minimum absolute atomic E-state index is 0.0552. The fourth-order valence-corrected chi connectivity index (χ4v) is 3.88. The molecule has 0 aromatic heterocycles. The number of hydrogen-bond donors (Lipinski definition) is 3. The van der Waals surface area contributed by atoms with E-state index in [2.05, 4.69) is 22.4 Å². The summed E-state index contributed by atoms with van der Waals surface area (Å²) in [6, 6.07) is 1.41. The molecule has 1 saturated carbocycles. The predicted octanol–water partition coefficient (Wildman–Crippen LogP) is 0.645.